The summed E-state index contributed by atoms with van der Waals surface area (Å²) in [5.74, 6) is -2.32. The minimum Gasteiger partial charge on any atom is -0.481 e. The number of H-pyrrole nitrogens is 1. The van der Waals surface area contributed by atoms with Gasteiger partial charge in [0.15, 0.2) is 5.78 Å². The van der Waals surface area contributed by atoms with E-state index in [1.165, 1.54) is 6.20 Å². The van der Waals surface area contributed by atoms with Crippen molar-refractivity contribution in [1.82, 2.24) is 4.98 Å². The molecule has 1 atom stereocenters. The molecule has 4 nitrogen and oxygen atoms in total. The smallest absolute Gasteiger partial charge is 0.314 e. The highest BCUT2D eigenvalue weighted by Crippen LogP contribution is 2.11. The highest BCUT2D eigenvalue weighted by atomic mass is 16.4. The van der Waals surface area contributed by atoms with Crippen LogP contribution in [0.1, 0.15) is 23.7 Å². The Kier molecular flexibility index (Phi) is 2.84. The summed E-state index contributed by atoms with van der Waals surface area (Å²) in [4.78, 5) is 24.8. The lowest BCUT2D eigenvalue weighted by atomic mass is 9.97. The summed E-state index contributed by atoms with van der Waals surface area (Å²) in [5, 5.41) is 8.71. The second kappa shape index (κ2) is 3.89. The normalized spacial score (nSPS) is 12.4. The number of carboxylic acid groups (broad SMARTS) is 1. The average molecular weight is 181 g/mol. The third-order valence-electron chi connectivity index (χ3n) is 1.91. The molecule has 1 heterocycles. The van der Waals surface area contributed by atoms with Crippen LogP contribution in [0.5, 0.6) is 0 Å². The molecule has 0 saturated carbocycles. The molecule has 0 saturated heterocycles. The van der Waals surface area contributed by atoms with Crippen LogP contribution >= 0.6 is 0 Å². The number of aromatic nitrogens is 1. The molecule has 4 heteroatoms. The molecule has 0 radical (unpaired) electrons. The summed E-state index contributed by atoms with van der Waals surface area (Å²) < 4.78 is 0. The molecular weight excluding hydrogens is 170 g/mol. The van der Waals surface area contributed by atoms with Gasteiger partial charge in [-0.1, -0.05) is 6.92 Å². The van der Waals surface area contributed by atoms with E-state index in [-0.39, 0.29) is 5.78 Å². The summed E-state index contributed by atoms with van der Waals surface area (Å²) in [7, 11) is 0. The Labute approximate surface area is 75.6 Å². The first-order chi connectivity index (χ1) is 6.16. The van der Waals surface area contributed by atoms with E-state index in [2.05, 4.69) is 4.98 Å². The molecule has 1 aromatic rings. The lowest BCUT2D eigenvalue weighted by molar-refractivity contribution is -0.140. The van der Waals surface area contributed by atoms with Crippen molar-refractivity contribution in [3.05, 3.63) is 24.0 Å². The molecule has 1 rings (SSSR count). The predicted molar refractivity (Wildman–Crippen MR) is 46.5 cm³/mol. The first-order valence-corrected chi connectivity index (χ1v) is 4.06. The number of carbonyl (C=O) groups excluding carboxylic acids is 1. The van der Waals surface area contributed by atoms with Crippen LogP contribution in [0, 0.1) is 5.92 Å². The monoisotopic (exact) mass is 181 g/mol. The van der Waals surface area contributed by atoms with Crippen molar-refractivity contribution in [2.45, 2.75) is 13.3 Å². The number of carboxylic acids is 1. The zero-order valence-corrected chi connectivity index (χ0v) is 7.28. The van der Waals surface area contributed by atoms with Crippen LogP contribution in [0.15, 0.2) is 18.5 Å². The topological polar surface area (TPSA) is 70.2 Å². The van der Waals surface area contributed by atoms with Crippen molar-refractivity contribution >= 4 is 11.8 Å². The zero-order valence-electron chi connectivity index (χ0n) is 7.28. The molecule has 1 aromatic heterocycles. The van der Waals surface area contributed by atoms with E-state index in [0.717, 1.165) is 0 Å². The third-order valence-corrected chi connectivity index (χ3v) is 1.91. The molecule has 0 amide bonds. The molecule has 70 valence electrons. The van der Waals surface area contributed by atoms with E-state index in [1.807, 2.05) is 0 Å². The minimum absolute atomic E-state index is 0.319. The number of Topliss-reactive ketones (excluding diaryl/α,β-unsaturated/α-hetero) is 1. The Morgan fingerprint density at radius 2 is 2.31 bits per heavy atom. The van der Waals surface area contributed by atoms with E-state index in [9.17, 15) is 9.59 Å². The van der Waals surface area contributed by atoms with Crippen LogP contribution in [0.25, 0.3) is 0 Å². The second-order valence-electron chi connectivity index (χ2n) is 2.76. The van der Waals surface area contributed by atoms with E-state index >= 15 is 0 Å². The molecule has 2 N–H and O–H groups in total. The number of carbonyl (C=O) groups is 2. The van der Waals surface area contributed by atoms with Gasteiger partial charge in [0.2, 0.25) is 0 Å². The number of hydrogen-bond donors (Lipinski definition) is 2. The first-order valence-electron chi connectivity index (χ1n) is 4.06. The third kappa shape index (κ3) is 1.96. The average Bonchev–Trinajstić information content (AvgIpc) is 2.56. The molecule has 0 aliphatic heterocycles. The number of ketones is 1. The molecular formula is C9H11NO3. The van der Waals surface area contributed by atoms with Crippen molar-refractivity contribution in [3.63, 3.8) is 0 Å². The summed E-state index contributed by atoms with van der Waals surface area (Å²) >= 11 is 0. The Morgan fingerprint density at radius 3 is 2.69 bits per heavy atom. The van der Waals surface area contributed by atoms with Crippen LogP contribution in [0.2, 0.25) is 0 Å². The molecule has 0 aliphatic carbocycles. The van der Waals surface area contributed by atoms with Gasteiger partial charge in [-0.2, -0.15) is 0 Å². The van der Waals surface area contributed by atoms with Crippen LogP contribution in [-0.2, 0) is 4.79 Å². The van der Waals surface area contributed by atoms with Crippen molar-refractivity contribution in [2.24, 2.45) is 5.92 Å². The predicted octanol–water partition coefficient (Wildman–Crippen LogP) is 1.31. The standard InChI is InChI=1S/C9H11NO3/c1-2-7(9(12)13)8(11)6-3-4-10-5-6/h3-5,7,10H,2H2,1H3,(H,12,13). The molecule has 0 aromatic carbocycles. The van der Waals surface area contributed by atoms with Crippen molar-refractivity contribution < 1.29 is 14.7 Å². The van der Waals surface area contributed by atoms with Gasteiger partial charge >= 0.3 is 5.97 Å². The van der Waals surface area contributed by atoms with Crippen LogP contribution in [0.4, 0.5) is 0 Å². The molecule has 1 unspecified atom stereocenters. The first kappa shape index (κ1) is 9.51. The fraction of sp³-hybridized carbons (Fsp3) is 0.333. The molecule has 0 fully saturated rings. The Hall–Kier alpha value is -1.58. The highest BCUT2D eigenvalue weighted by Gasteiger charge is 2.25. The number of rotatable bonds is 4. The van der Waals surface area contributed by atoms with Gasteiger partial charge in [-0.15, -0.1) is 0 Å². The molecule has 13 heavy (non-hydrogen) atoms. The highest BCUT2D eigenvalue weighted by molar-refractivity contribution is 6.07. The molecule has 0 aliphatic rings. The Balaban J connectivity index is 2.83. The number of hydrogen-bond acceptors (Lipinski definition) is 2. The van der Waals surface area contributed by atoms with Gasteiger partial charge in [-0.25, -0.2) is 0 Å². The number of aliphatic carboxylic acids is 1. The van der Waals surface area contributed by atoms with Gasteiger partial charge in [-0.3, -0.25) is 9.59 Å². The Bertz CT molecular complexity index is 303. The molecule has 0 bridgehead atoms. The van der Waals surface area contributed by atoms with Gasteiger partial charge in [0, 0.05) is 18.0 Å². The zero-order chi connectivity index (χ0) is 9.84. The van der Waals surface area contributed by atoms with Gasteiger partial charge in [0.25, 0.3) is 0 Å². The summed E-state index contributed by atoms with van der Waals surface area (Å²) in [5.41, 5.74) is 0.425. The van der Waals surface area contributed by atoms with E-state index in [0.29, 0.717) is 12.0 Å². The van der Waals surface area contributed by atoms with E-state index < -0.39 is 11.9 Å². The van der Waals surface area contributed by atoms with E-state index in [1.54, 1.807) is 19.2 Å². The lowest BCUT2D eigenvalue weighted by Gasteiger charge is -2.05. The fourth-order valence-electron chi connectivity index (χ4n) is 1.15. The largest absolute Gasteiger partial charge is 0.481 e. The second-order valence-corrected chi connectivity index (χ2v) is 2.76. The van der Waals surface area contributed by atoms with Gasteiger partial charge in [0.05, 0.1) is 0 Å². The van der Waals surface area contributed by atoms with Crippen molar-refractivity contribution in [2.75, 3.05) is 0 Å². The maximum Gasteiger partial charge on any atom is 0.314 e. The number of aromatic amines is 1. The number of nitrogens with one attached hydrogen (secondary N) is 1. The van der Waals surface area contributed by atoms with Crippen molar-refractivity contribution in [3.8, 4) is 0 Å². The van der Waals surface area contributed by atoms with Gasteiger partial charge in [-0.05, 0) is 12.5 Å². The summed E-state index contributed by atoms with van der Waals surface area (Å²) in [6, 6.07) is 1.58. The van der Waals surface area contributed by atoms with Gasteiger partial charge in [0.1, 0.15) is 5.92 Å². The minimum atomic E-state index is -1.06. The van der Waals surface area contributed by atoms with Crippen LogP contribution < -0.4 is 0 Å². The van der Waals surface area contributed by atoms with Crippen LogP contribution in [-0.4, -0.2) is 21.8 Å². The summed E-state index contributed by atoms with van der Waals surface area (Å²) in [6.45, 7) is 1.68. The van der Waals surface area contributed by atoms with Crippen LogP contribution in [0.3, 0.4) is 0 Å². The summed E-state index contributed by atoms with van der Waals surface area (Å²) in [6.07, 6.45) is 3.43. The van der Waals surface area contributed by atoms with E-state index in [4.69, 9.17) is 5.11 Å². The lowest BCUT2D eigenvalue weighted by Crippen LogP contribution is -2.22. The quantitative estimate of drug-likeness (QED) is 0.543. The SMILES string of the molecule is CCC(C(=O)O)C(=O)c1cc[nH]c1. The maximum absolute atomic E-state index is 11.5. The van der Waals surface area contributed by atoms with Gasteiger partial charge < -0.3 is 10.1 Å². The fourth-order valence-corrected chi connectivity index (χ4v) is 1.15. The van der Waals surface area contributed by atoms with Crippen molar-refractivity contribution in [1.29, 1.82) is 0 Å². The molecule has 0 spiro atoms. The maximum atomic E-state index is 11.5. The Morgan fingerprint density at radius 1 is 1.62 bits per heavy atom.